The number of nitrogen functional groups attached to an aromatic ring is 1. The van der Waals surface area contributed by atoms with Crippen molar-refractivity contribution in [1.82, 2.24) is 9.78 Å². The number of rotatable bonds is 3. The molecule has 110 valence electrons. The number of hydrogen-bond donors (Lipinski definition) is 1. The van der Waals surface area contributed by atoms with Crippen LogP contribution >= 0.6 is 27.5 Å². The molecule has 0 amide bonds. The summed E-state index contributed by atoms with van der Waals surface area (Å²) in [6.45, 7) is 0. The van der Waals surface area contributed by atoms with Crippen molar-refractivity contribution in [3.05, 3.63) is 75.4 Å². The number of halogens is 2. The van der Waals surface area contributed by atoms with E-state index < -0.39 is 0 Å². The lowest BCUT2D eigenvalue weighted by Crippen LogP contribution is -2.07. The van der Waals surface area contributed by atoms with Gasteiger partial charge in [-0.2, -0.15) is 5.10 Å². The van der Waals surface area contributed by atoms with Gasteiger partial charge >= 0.3 is 0 Å². The summed E-state index contributed by atoms with van der Waals surface area (Å²) in [4.78, 5) is 12.5. The number of hydrogen-bond acceptors (Lipinski definition) is 3. The third-order valence-electron chi connectivity index (χ3n) is 3.24. The van der Waals surface area contributed by atoms with Gasteiger partial charge in [-0.3, -0.25) is 4.79 Å². The number of nitrogens with two attached hydrogens (primary N) is 1. The Morgan fingerprint density at radius 3 is 2.50 bits per heavy atom. The molecule has 6 heteroatoms. The van der Waals surface area contributed by atoms with Gasteiger partial charge in [-0.05, 0) is 36.4 Å². The molecule has 3 rings (SSSR count). The molecule has 0 aliphatic heterocycles. The predicted octanol–water partition coefficient (Wildman–Crippen LogP) is 4.10. The topological polar surface area (TPSA) is 60.9 Å². The zero-order chi connectivity index (χ0) is 15.7. The fourth-order valence-electron chi connectivity index (χ4n) is 2.11. The van der Waals surface area contributed by atoms with E-state index in [0.29, 0.717) is 21.8 Å². The van der Waals surface area contributed by atoms with Gasteiger partial charge in [0.1, 0.15) is 5.82 Å². The Labute approximate surface area is 140 Å². The SMILES string of the molecule is Nc1c(C(=O)c2ccc(Br)cc2)cnn1-c1ccccc1Cl. The maximum atomic E-state index is 12.5. The number of para-hydroxylation sites is 1. The third-order valence-corrected chi connectivity index (χ3v) is 4.09. The lowest BCUT2D eigenvalue weighted by atomic mass is 10.1. The molecule has 0 unspecified atom stereocenters. The summed E-state index contributed by atoms with van der Waals surface area (Å²) in [5.41, 5.74) is 7.62. The van der Waals surface area contributed by atoms with E-state index in [9.17, 15) is 4.79 Å². The summed E-state index contributed by atoms with van der Waals surface area (Å²) in [6, 6.07) is 14.3. The monoisotopic (exact) mass is 375 g/mol. The van der Waals surface area contributed by atoms with E-state index in [4.69, 9.17) is 17.3 Å². The van der Waals surface area contributed by atoms with Crippen LogP contribution < -0.4 is 5.73 Å². The van der Waals surface area contributed by atoms with Crippen molar-refractivity contribution in [2.24, 2.45) is 0 Å². The van der Waals surface area contributed by atoms with Gasteiger partial charge < -0.3 is 5.73 Å². The lowest BCUT2D eigenvalue weighted by molar-refractivity contribution is 0.103. The summed E-state index contributed by atoms with van der Waals surface area (Å²) >= 11 is 9.49. The molecule has 0 bridgehead atoms. The Morgan fingerprint density at radius 1 is 1.14 bits per heavy atom. The largest absolute Gasteiger partial charge is 0.383 e. The second kappa shape index (κ2) is 5.94. The first-order chi connectivity index (χ1) is 10.6. The second-order valence-corrected chi connectivity index (χ2v) is 5.97. The van der Waals surface area contributed by atoms with Crippen molar-refractivity contribution in [3.8, 4) is 5.69 Å². The summed E-state index contributed by atoms with van der Waals surface area (Å²) in [7, 11) is 0. The van der Waals surface area contributed by atoms with E-state index in [0.717, 1.165) is 4.47 Å². The summed E-state index contributed by atoms with van der Waals surface area (Å²) in [5, 5.41) is 4.70. The maximum Gasteiger partial charge on any atom is 0.198 e. The molecule has 0 aliphatic rings. The van der Waals surface area contributed by atoms with Gasteiger partial charge in [0, 0.05) is 10.0 Å². The highest BCUT2D eigenvalue weighted by atomic mass is 79.9. The van der Waals surface area contributed by atoms with Gasteiger partial charge in [-0.15, -0.1) is 0 Å². The number of nitrogens with zero attached hydrogens (tertiary/aromatic N) is 2. The fraction of sp³-hybridized carbons (Fsp3) is 0. The Kier molecular flexibility index (Phi) is 4.00. The van der Waals surface area contributed by atoms with Gasteiger partial charge in [0.25, 0.3) is 0 Å². The molecule has 0 atom stereocenters. The molecule has 0 radical (unpaired) electrons. The maximum absolute atomic E-state index is 12.5. The standard InChI is InChI=1S/C16H11BrClN3O/c17-11-7-5-10(6-8-11)15(22)12-9-20-21(16(12)19)14-4-2-1-3-13(14)18/h1-9H,19H2. The number of carbonyl (C=O) groups is 1. The van der Waals surface area contributed by atoms with E-state index in [1.54, 1.807) is 24.3 Å². The molecule has 0 spiro atoms. The Morgan fingerprint density at radius 2 is 1.82 bits per heavy atom. The van der Waals surface area contributed by atoms with Crippen LogP contribution in [-0.2, 0) is 0 Å². The number of carbonyl (C=O) groups excluding carboxylic acids is 1. The smallest absolute Gasteiger partial charge is 0.198 e. The van der Waals surface area contributed by atoms with Gasteiger partial charge in [-0.25, -0.2) is 4.68 Å². The molecule has 0 saturated heterocycles. The predicted molar refractivity (Wildman–Crippen MR) is 90.6 cm³/mol. The van der Waals surface area contributed by atoms with E-state index in [1.807, 2.05) is 24.3 Å². The van der Waals surface area contributed by atoms with Gasteiger partial charge in [0.05, 0.1) is 22.5 Å². The number of ketones is 1. The molecule has 2 N–H and O–H groups in total. The van der Waals surface area contributed by atoms with E-state index in [1.165, 1.54) is 10.9 Å². The van der Waals surface area contributed by atoms with Crippen LogP contribution in [0.25, 0.3) is 5.69 Å². The first kappa shape index (κ1) is 14.8. The van der Waals surface area contributed by atoms with Crippen molar-refractivity contribution >= 4 is 39.1 Å². The van der Waals surface area contributed by atoms with E-state index in [-0.39, 0.29) is 11.6 Å². The molecule has 1 aromatic heterocycles. The molecule has 0 aliphatic carbocycles. The fourth-order valence-corrected chi connectivity index (χ4v) is 2.59. The van der Waals surface area contributed by atoms with Gasteiger partial charge in [0.15, 0.2) is 5.78 Å². The first-order valence-electron chi connectivity index (χ1n) is 6.46. The Balaban J connectivity index is 2.02. The minimum atomic E-state index is -0.177. The lowest BCUT2D eigenvalue weighted by Gasteiger charge is -2.07. The molecule has 1 heterocycles. The van der Waals surface area contributed by atoms with Crippen molar-refractivity contribution in [2.45, 2.75) is 0 Å². The van der Waals surface area contributed by atoms with Crippen molar-refractivity contribution in [2.75, 3.05) is 5.73 Å². The molecule has 4 nitrogen and oxygen atoms in total. The normalized spacial score (nSPS) is 10.6. The minimum absolute atomic E-state index is 0.177. The minimum Gasteiger partial charge on any atom is -0.383 e. The molecule has 22 heavy (non-hydrogen) atoms. The molecule has 3 aromatic rings. The number of benzene rings is 2. The number of anilines is 1. The number of aromatic nitrogens is 2. The van der Waals surface area contributed by atoms with Crippen LogP contribution in [0.1, 0.15) is 15.9 Å². The highest BCUT2D eigenvalue weighted by molar-refractivity contribution is 9.10. The average molecular weight is 377 g/mol. The molecule has 2 aromatic carbocycles. The zero-order valence-corrected chi connectivity index (χ0v) is 13.7. The van der Waals surface area contributed by atoms with Crippen LogP contribution in [0.3, 0.4) is 0 Å². The van der Waals surface area contributed by atoms with Crippen LogP contribution in [0.15, 0.2) is 59.2 Å². The van der Waals surface area contributed by atoms with Crippen molar-refractivity contribution < 1.29 is 4.79 Å². The second-order valence-electron chi connectivity index (χ2n) is 4.64. The van der Waals surface area contributed by atoms with E-state index in [2.05, 4.69) is 21.0 Å². The van der Waals surface area contributed by atoms with Crippen molar-refractivity contribution in [1.29, 1.82) is 0 Å². The first-order valence-corrected chi connectivity index (χ1v) is 7.63. The van der Waals surface area contributed by atoms with Crippen LogP contribution in [0.5, 0.6) is 0 Å². The van der Waals surface area contributed by atoms with Crippen LogP contribution in [-0.4, -0.2) is 15.6 Å². The van der Waals surface area contributed by atoms with Gasteiger partial charge in [-0.1, -0.05) is 39.7 Å². The molecular weight excluding hydrogens is 366 g/mol. The Hall–Kier alpha value is -2.11. The van der Waals surface area contributed by atoms with Gasteiger partial charge in [0.2, 0.25) is 0 Å². The highest BCUT2D eigenvalue weighted by Gasteiger charge is 2.18. The molecular formula is C16H11BrClN3O. The summed E-state index contributed by atoms with van der Waals surface area (Å²) in [5.74, 6) is 0.0873. The Bertz CT molecular complexity index is 843. The highest BCUT2D eigenvalue weighted by Crippen LogP contribution is 2.25. The summed E-state index contributed by atoms with van der Waals surface area (Å²) in [6.07, 6.45) is 1.46. The molecule has 0 fully saturated rings. The van der Waals surface area contributed by atoms with Crippen LogP contribution in [0.4, 0.5) is 5.82 Å². The third kappa shape index (κ3) is 2.65. The van der Waals surface area contributed by atoms with Crippen LogP contribution in [0, 0.1) is 0 Å². The molecule has 0 saturated carbocycles. The van der Waals surface area contributed by atoms with E-state index >= 15 is 0 Å². The summed E-state index contributed by atoms with van der Waals surface area (Å²) < 4.78 is 2.37. The quantitative estimate of drug-likeness (QED) is 0.700. The average Bonchev–Trinajstić information content (AvgIpc) is 2.89. The van der Waals surface area contributed by atoms with Crippen molar-refractivity contribution in [3.63, 3.8) is 0 Å². The van der Waals surface area contributed by atoms with Crippen LogP contribution in [0.2, 0.25) is 5.02 Å². The zero-order valence-electron chi connectivity index (χ0n) is 11.3.